The van der Waals surface area contributed by atoms with Gasteiger partial charge in [-0.25, -0.2) is 0 Å². The molecule has 0 saturated carbocycles. The fourth-order valence-corrected chi connectivity index (χ4v) is 2.28. The van der Waals surface area contributed by atoms with E-state index in [0.717, 1.165) is 29.9 Å². The number of hydrogen-bond acceptors (Lipinski definition) is 3. The Morgan fingerprint density at radius 2 is 1.94 bits per heavy atom. The molecule has 0 aliphatic rings. The fourth-order valence-electron chi connectivity index (χ4n) is 1.32. The molecular weight excluding hydrogens is 224 g/mol. The second-order valence-corrected chi connectivity index (χ2v) is 4.66. The van der Waals surface area contributed by atoms with E-state index in [1.54, 1.807) is 23.9 Å². The Hall–Kier alpha value is -1.16. The average molecular weight is 240 g/mol. The number of carbonyl (C=O) groups is 1. The maximum Gasteiger partial charge on any atom is 0.303 e. The summed E-state index contributed by atoms with van der Waals surface area (Å²) < 4.78 is 0. The lowest BCUT2D eigenvalue weighted by atomic mass is 10.2. The number of benzene rings is 1. The first-order valence-electron chi connectivity index (χ1n) is 5.33. The maximum absolute atomic E-state index is 10.3. The summed E-state index contributed by atoms with van der Waals surface area (Å²) >= 11 is 1.61. The first-order valence-corrected chi connectivity index (χ1v) is 6.31. The van der Waals surface area contributed by atoms with E-state index >= 15 is 0 Å². The number of carboxylic acid groups (broad SMARTS) is 1. The van der Waals surface area contributed by atoms with Crippen molar-refractivity contribution in [2.24, 2.45) is 0 Å². The lowest BCUT2D eigenvalue weighted by molar-refractivity contribution is -0.137. The molecule has 0 aromatic heterocycles. The van der Waals surface area contributed by atoms with E-state index in [4.69, 9.17) is 5.11 Å². The molecule has 0 spiro atoms. The quantitative estimate of drug-likeness (QED) is 0.568. The summed E-state index contributed by atoms with van der Waals surface area (Å²) in [7, 11) is 0. The first kappa shape index (κ1) is 12.9. The standard InChI is InChI=1S/C12H16O3S/c13-10-6-3-4-7-11(10)16-9-5-1-2-8-12(14)15/h3-4,6-7,13H,1-2,5,8-9H2,(H,14,15). The van der Waals surface area contributed by atoms with E-state index in [-0.39, 0.29) is 6.42 Å². The van der Waals surface area contributed by atoms with Crippen molar-refractivity contribution in [2.45, 2.75) is 30.6 Å². The fraction of sp³-hybridized carbons (Fsp3) is 0.417. The minimum Gasteiger partial charge on any atom is -0.507 e. The molecule has 0 heterocycles. The van der Waals surface area contributed by atoms with Gasteiger partial charge in [-0.15, -0.1) is 11.8 Å². The number of phenols is 1. The number of rotatable bonds is 7. The summed E-state index contributed by atoms with van der Waals surface area (Å²) in [5, 5.41) is 17.9. The van der Waals surface area contributed by atoms with Gasteiger partial charge in [-0.2, -0.15) is 0 Å². The zero-order chi connectivity index (χ0) is 11.8. The van der Waals surface area contributed by atoms with Gasteiger partial charge in [0, 0.05) is 11.3 Å². The number of unbranched alkanes of at least 4 members (excludes halogenated alkanes) is 2. The molecule has 0 radical (unpaired) electrons. The molecule has 1 aromatic rings. The SMILES string of the molecule is O=C(O)CCCCCSc1ccccc1O. The molecule has 1 rings (SSSR count). The monoisotopic (exact) mass is 240 g/mol. The van der Waals surface area contributed by atoms with Crippen molar-refractivity contribution in [3.63, 3.8) is 0 Å². The predicted octanol–water partition coefficient (Wildman–Crippen LogP) is 3.13. The Morgan fingerprint density at radius 3 is 2.62 bits per heavy atom. The Kier molecular flexibility index (Phi) is 5.78. The second kappa shape index (κ2) is 7.17. The van der Waals surface area contributed by atoms with Crippen molar-refractivity contribution < 1.29 is 15.0 Å². The molecule has 0 amide bonds. The van der Waals surface area contributed by atoms with Crippen LogP contribution >= 0.6 is 11.8 Å². The summed E-state index contributed by atoms with van der Waals surface area (Å²) in [5.74, 6) is 0.503. The van der Waals surface area contributed by atoms with E-state index in [0.29, 0.717) is 5.75 Å². The van der Waals surface area contributed by atoms with E-state index in [1.165, 1.54) is 0 Å². The molecule has 1 aromatic carbocycles. The highest BCUT2D eigenvalue weighted by Crippen LogP contribution is 2.28. The predicted molar refractivity (Wildman–Crippen MR) is 64.9 cm³/mol. The summed E-state index contributed by atoms with van der Waals surface area (Å²) in [6.45, 7) is 0. The van der Waals surface area contributed by atoms with Gasteiger partial charge in [0.2, 0.25) is 0 Å². The molecule has 0 unspecified atom stereocenters. The summed E-state index contributed by atoms with van der Waals surface area (Å²) in [5.41, 5.74) is 0. The highest BCUT2D eigenvalue weighted by Gasteiger charge is 2.00. The van der Waals surface area contributed by atoms with Crippen LogP contribution in [0.5, 0.6) is 5.75 Å². The molecule has 0 bridgehead atoms. The van der Waals surface area contributed by atoms with Crippen molar-refractivity contribution in [2.75, 3.05) is 5.75 Å². The third kappa shape index (κ3) is 5.07. The van der Waals surface area contributed by atoms with E-state index in [9.17, 15) is 9.90 Å². The Bertz CT molecular complexity index is 339. The van der Waals surface area contributed by atoms with Gasteiger partial charge in [0.15, 0.2) is 0 Å². The molecule has 4 heteroatoms. The van der Waals surface area contributed by atoms with Crippen LogP contribution in [0.15, 0.2) is 29.2 Å². The van der Waals surface area contributed by atoms with Crippen LogP contribution in [0.2, 0.25) is 0 Å². The van der Waals surface area contributed by atoms with Gasteiger partial charge in [-0.1, -0.05) is 18.6 Å². The third-order valence-corrected chi connectivity index (χ3v) is 3.31. The van der Waals surface area contributed by atoms with Crippen molar-refractivity contribution in [3.05, 3.63) is 24.3 Å². The Morgan fingerprint density at radius 1 is 1.19 bits per heavy atom. The van der Waals surface area contributed by atoms with Crippen LogP contribution < -0.4 is 0 Å². The Labute approximate surface area is 99.5 Å². The van der Waals surface area contributed by atoms with E-state index in [1.807, 2.05) is 12.1 Å². The molecule has 16 heavy (non-hydrogen) atoms. The van der Waals surface area contributed by atoms with Crippen LogP contribution in [0.25, 0.3) is 0 Å². The van der Waals surface area contributed by atoms with Gasteiger partial charge in [0.05, 0.1) is 0 Å². The van der Waals surface area contributed by atoms with E-state index in [2.05, 4.69) is 0 Å². The molecule has 0 atom stereocenters. The van der Waals surface area contributed by atoms with Crippen LogP contribution in [0.1, 0.15) is 25.7 Å². The highest BCUT2D eigenvalue weighted by atomic mass is 32.2. The molecule has 0 aliphatic carbocycles. The normalized spacial score (nSPS) is 10.2. The van der Waals surface area contributed by atoms with Crippen LogP contribution in [0, 0.1) is 0 Å². The lowest BCUT2D eigenvalue weighted by Crippen LogP contribution is -1.93. The summed E-state index contributed by atoms with van der Waals surface area (Å²) in [4.78, 5) is 11.1. The first-order chi connectivity index (χ1) is 7.70. The van der Waals surface area contributed by atoms with Crippen molar-refractivity contribution in [1.29, 1.82) is 0 Å². The molecule has 2 N–H and O–H groups in total. The number of aliphatic carboxylic acids is 1. The number of para-hydroxylation sites is 1. The molecule has 0 aliphatic heterocycles. The zero-order valence-corrected chi connectivity index (χ0v) is 9.87. The lowest BCUT2D eigenvalue weighted by Gasteiger charge is -2.03. The van der Waals surface area contributed by atoms with Gasteiger partial charge in [-0.3, -0.25) is 4.79 Å². The molecule has 88 valence electrons. The minimum absolute atomic E-state index is 0.251. The van der Waals surface area contributed by atoms with Gasteiger partial charge in [-0.05, 0) is 30.7 Å². The Balaban J connectivity index is 2.12. The van der Waals surface area contributed by atoms with Gasteiger partial charge >= 0.3 is 5.97 Å². The van der Waals surface area contributed by atoms with Gasteiger partial charge in [0.25, 0.3) is 0 Å². The van der Waals surface area contributed by atoms with Crippen LogP contribution in [0.4, 0.5) is 0 Å². The van der Waals surface area contributed by atoms with Gasteiger partial charge < -0.3 is 10.2 Å². The largest absolute Gasteiger partial charge is 0.507 e. The van der Waals surface area contributed by atoms with Crippen molar-refractivity contribution >= 4 is 17.7 Å². The summed E-state index contributed by atoms with van der Waals surface area (Å²) in [6, 6.07) is 7.25. The van der Waals surface area contributed by atoms with Crippen molar-refractivity contribution in [3.8, 4) is 5.75 Å². The van der Waals surface area contributed by atoms with Gasteiger partial charge in [0.1, 0.15) is 5.75 Å². The van der Waals surface area contributed by atoms with E-state index < -0.39 is 5.97 Å². The molecule has 0 saturated heterocycles. The van der Waals surface area contributed by atoms with Crippen LogP contribution in [0.3, 0.4) is 0 Å². The number of thioether (sulfide) groups is 1. The topological polar surface area (TPSA) is 57.5 Å². The number of aromatic hydroxyl groups is 1. The van der Waals surface area contributed by atoms with Crippen LogP contribution in [-0.2, 0) is 4.79 Å². The van der Waals surface area contributed by atoms with Crippen LogP contribution in [-0.4, -0.2) is 21.9 Å². The molecule has 0 fully saturated rings. The number of carboxylic acids is 1. The molecular formula is C12H16O3S. The third-order valence-electron chi connectivity index (χ3n) is 2.16. The average Bonchev–Trinajstić information content (AvgIpc) is 2.25. The second-order valence-electron chi connectivity index (χ2n) is 3.52. The van der Waals surface area contributed by atoms with Crippen molar-refractivity contribution in [1.82, 2.24) is 0 Å². The highest BCUT2D eigenvalue weighted by molar-refractivity contribution is 7.99. The number of phenolic OH excluding ortho intramolecular Hbond substituents is 1. The smallest absolute Gasteiger partial charge is 0.303 e. The zero-order valence-electron chi connectivity index (χ0n) is 9.06. The minimum atomic E-state index is -0.728. The molecule has 3 nitrogen and oxygen atoms in total. The summed E-state index contributed by atoms with van der Waals surface area (Å²) in [6.07, 6.45) is 2.89. The number of hydrogen-bond donors (Lipinski definition) is 2. The maximum atomic E-state index is 10.3.